The summed E-state index contributed by atoms with van der Waals surface area (Å²) in [4.78, 5) is 8.67. The van der Waals surface area contributed by atoms with Gasteiger partial charge >= 0.3 is 0 Å². The fourth-order valence-corrected chi connectivity index (χ4v) is 1.80. The number of hydrogen-bond donors (Lipinski definition) is 2. The van der Waals surface area contributed by atoms with Gasteiger partial charge in [-0.25, -0.2) is 4.98 Å². The maximum absolute atomic E-state index is 4.53. The predicted molar refractivity (Wildman–Crippen MR) is 79.3 cm³/mol. The van der Waals surface area contributed by atoms with Gasteiger partial charge in [0.1, 0.15) is 11.6 Å². The molecule has 1 unspecified atom stereocenters. The second-order valence-corrected chi connectivity index (χ2v) is 4.49. The van der Waals surface area contributed by atoms with Crippen molar-refractivity contribution in [3.05, 3.63) is 48.3 Å². The van der Waals surface area contributed by atoms with Crippen molar-refractivity contribution >= 4 is 11.6 Å². The number of aromatic nitrogens is 2. The first-order valence-electron chi connectivity index (χ1n) is 6.67. The topological polar surface area (TPSA) is 49.8 Å². The summed E-state index contributed by atoms with van der Waals surface area (Å²) in [6.07, 6.45) is 4.74. The fraction of sp³-hybridized carbons (Fsp3) is 0.333. The highest BCUT2D eigenvalue weighted by Gasteiger charge is 2.06. The molecular weight excluding hydrogens is 236 g/mol. The molecule has 2 aromatic rings. The maximum Gasteiger partial charge on any atom is 0.128 e. The Bertz CT molecular complexity index is 499. The largest absolute Gasteiger partial charge is 0.370 e. The van der Waals surface area contributed by atoms with Gasteiger partial charge in [0, 0.05) is 18.9 Å². The first-order chi connectivity index (χ1) is 9.29. The monoisotopic (exact) mass is 256 g/mol. The Balaban J connectivity index is 2.02. The van der Waals surface area contributed by atoms with Crippen LogP contribution in [0.2, 0.25) is 0 Å². The smallest absolute Gasteiger partial charge is 0.128 e. The van der Waals surface area contributed by atoms with Gasteiger partial charge in [-0.1, -0.05) is 19.1 Å². The van der Waals surface area contributed by atoms with E-state index >= 15 is 0 Å². The summed E-state index contributed by atoms with van der Waals surface area (Å²) in [6.45, 7) is 5.18. The van der Waals surface area contributed by atoms with E-state index in [0.29, 0.717) is 0 Å². The Hall–Kier alpha value is -2.10. The Morgan fingerprint density at radius 2 is 2.00 bits per heavy atom. The minimum Gasteiger partial charge on any atom is -0.370 e. The average molecular weight is 256 g/mol. The van der Waals surface area contributed by atoms with Crippen LogP contribution in [-0.4, -0.2) is 16.5 Å². The van der Waals surface area contributed by atoms with Crippen LogP contribution in [-0.2, 0) is 0 Å². The van der Waals surface area contributed by atoms with Gasteiger partial charge in [0.15, 0.2) is 0 Å². The zero-order chi connectivity index (χ0) is 13.5. The summed E-state index contributed by atoms with van der Waals surface area (Å²) in [6, 6.07) is 10.1. The van der Waals surface area contributed by atoms with Crippen LogP contribution in [0, 0.1) is 0 Å². The SMILES string of the molecule is CCCNc1cccc(NC(C)c2cccnc2)n1. The van der Waals surface area contributed by atoms with Gasteiger partial charge < -0.3 is 10.6 Å². The third-order valence-electron chi connectivity index (χ3n) is 2.85. The third-order valence-corrected chi connectivity index (χ3v) is 2.85. The molecule has 19 heavy (non-hydrogen) atoms. The molecule has 0 radical (unpaired) electrons. The molecule has 0 aromatic carbocycles. The van der Waals surface area contributed by atoms with E-state index in [2.05, 4.69) is 40.5 Å². The molecule has 1 atom stereocenters. The minimum atomic E-state index is 0.183. The van der Waals surface area contributed by atoms with E-state index in [9.17, 15) is 0 Å². The lowest BCUT2D eigenvalue weighted by atomic mass is 10.1. The molecule has 0 spiro atoms. The molecule has 4 nitrogen and oxygen atoms in total. The molecule has 2 aromatic heterocycles. The van der Waals surface area contributed by atoms with Gasteiger partial charge in [0.05, 0.1) is 6.04 Å². The van der Waals surface area contributed by atoms with Gasteiger partial charge in [0.2, 0.25) is 0 Å². The minimum absolute atomic E-state index is 0.183. The summed E-state index contributed by atoms with van der Waals surface area (Å²) in [5, 5.41) is 6.67. The number of anilines is 2. The second-order valence-electron chi connectivity index (χ2n) is 4.49. The lowest BCUT2D eigenvalue weighted by Gasteiger charge is -2.15. The molecule has 0 aliphatic rings. The normalized spacial score (nSPS) is 11.9. The molecule has 2 heterocycles. The summed E-state index contributed by atoms with van der Waals surface area (Å²) in [5.74, 6) is 1.78. The van der Waals surface area contributed by atoms with E-state index in [-0.39, 0.29) is 6.04 Å². The van der Waals surface area contributed by atoms with Crippen molar-refractivity contribution in [3.8, 4) is 0 Å². The van der Waals surface area contributed by atoms with Gasteiger partial charge in [-0.05, 0) is 37.1 Å². The van der Waals surface area contributed by atoms with Crippen LogP contribution in [0.15, 0.2) is 42.7 Å². The molecular formula is C15H20N4. The average Bonchev–Trinajstić information content (AvgIpc) is 2.46. The van der Waals surface area contributed by atoms with Crippen LogP contribution < -0.4 is 10.6 Å². The number of pyridine rings is 2. The summed E-state index contributed by atoms with van der Waals surface area (Å²) in [7, 11) is 0. The van der Waals surface area contributed by atoms with Gasteiger partial charge in [-0.2, -0.15) is 0 Å². The molecule has 0 bridgehead atoms. The van der Waals surface area contributed by atoms with E-state index < -0.39 is 0 Å². The Morgan fingerprint density at radius 1 is 1.16 bits per heavy atom. The molecule has 2 rings (SSSR count). The van der Waals surface area contributed by atoms with Crippen molar-refractivity contribution in [1.82, 2.24) is 9.97 Å². The molecule has 4 heteroatoms. The van der Waals surface area contributed by atoms with E-state index in [1.54, 1.807) is 6.20 Å². The van der Waals surface area contributed by atoms with Crippen molar-refractivity contribution in [3.63, 3.8) is 0 Å². The summed E-state index contributed by atoms with van der Waals surface area (Å²) in [5.41, 5.74) is 1.15. The standard InChI is InChI=1S/C15H20N4/c1-3-9-17-14-7-4-8-15(19-14)18-12(2)13-6-5-10-16-11-13/h4-8,10-12H,3,9H2,1-2H3,(H2,17,18,19). The first-order valence-corrected chi connectivity index (χ1v) is 6.67. The first kappa shape index (κ1) is 13.3. The van der Waals surface area contributed by atoms with Gasteiger partial charge in [-0.15, -0.1) is 0 Å². The quantitative estimate of drug-likeness (QED) is 0.831. The van der Waals surface area contributed by atoms with Gasteiger partial charge in [-0.3, -0.25) is 4.98 Å². The van der Waals surface area contributed by atoms with Crippen molar-refractivity contribution in [1.29, 1.82) is 0 Å². The maximum atomic E-state index is 4.53. The fourth-order valence-electron chi connectivity index (χ4n) is 1.80. The van der Waals surface area contributed by atoms with Crippen molar-refractivity contribution in [2.45, 2.75) is 26.3 Å². The Labute approximate surface area is 114 Å². The molecule has 0 aliphatic carbocycles. The van der Waals surface area contributed by atoms with E-state index in [4.69, 9.17) is 0 Å². The number of nitrogens with one attached hydrogen (secondary N) is 2. The van der Waals surface area contributed by atoms with Crippen molar-refractivity contribution in [2.24, 2.45) is 0 Å². The number of nitrogens with zero attached hydrogens (tertiary/aromatic N) is 2. The second kappa shape index (κ2) is 6.73. The molecule has 0 saturated carbocycles. The van der Waals surface area contributed by atoms with E-state index in [1.165, 1.54) is 0 Å². The molecule has 0 amide bonds. The number of rotatable bonds is 6. The summed E-state index contributed by atoms with van der Waals surface area (Å²) >= 11 is 0. The molecule has 2 N–H and O–H groups in total. The van der Waals surface area contributed by atoms with Crippen molar-refractivity contribution in [2.75, 3.05) is 17.2 Å². The highest BCUT2D eigenvalue weighted by molar-refractivity contribution is 5.46. The number of hydrogen-bond acceptors (Lipinski definition) is 4. The van der Waals surface area contributed by atoms with Crippen LogP contribution in [0.1, 0.15) is 31.9 Å². The zero-order valence-corrected chi connectivity index (χ0v) is 11.4. The molecule has 0 aliphatic heterocycles. The predicted octanol–water partition coefficient (Wildman–Crippen LogP) is 3.47. The Morgan fingerprint density at radius 3 is 2.74 bits per heavy atom. The molecule has 0 fully saturated rings. The van der Waals surface area contributed by atoms with E-state index in [1.807, 2.05) is 30.5 Å². The van der Waals surface area contributed by atoms with Crippen LogP contribution >= 0.6 is 0 Å². The van der Waals surface area contributed by atoms with Crippen molar-refractivity contribution < 1.29 is 0 Å². The van der Waals surface area contributed by atoms with Crippen LogP contribution in [0.25, 0.3) is 0 Å². The Kier molecular flexibility index (Phi) is 4.72. The van der Waals surface area contributed by atoms with Crippen LogP contribution in [0.3, 0.4) is 0 Å². The highest BCUT2D eigenvalue weighted by atomic mass is 15.1. The van der Waals surface area contributed by atoms with Crippen LogP contribution in [0.5, 0.6) is 0 Å². The lowest BCUT2D eigenvalue weighted by molar-refractivity contribution is 0.865. The summed E-state index contributed by atoms with van der Waals surface area (Å²) < 4.78 is 0. The molecule has 100 valence electrons. The lowest BCUT2D eigenvalue weighted by Crippen LogP contribution is -2.09. The van der Waals surface area contributed by atoms with E-state index in [0.717, 1.165) is 30.2 Å². The zero-order valence-electron chi connectivity index (χ0n) is 11.4. The van der Waals surface area contributed by atoms with Crippen LogP contribution in [0.4, 0.5) is 11.6 Å². The molecule has 0 saturated heterocycles. The highest BCUT2D eigenvalue weighted by Crippen LogP contribution is 2.17. The van der Waals surface area contributed by atoms with Gasteiger partial charge in [0.25, 0.3) is 0 Å². The third kappa shape index (κ3) is 3.95.